The third-order valence-electron chi connectivity index (χ3n) is 6.92. The second-order valence-electron chi connectivity index (χ2n) is 8.79. The second-order valence-corrected chi connectivity index (χ2v) is 8.79. The van der Waals surface area contributed by atoms with Gasteiger partial charge in [0.05, 0.1) is 12.3 Å². The van der Waals surface area contributed by atoms with Crippen LogP contribution in [0.3, 0.4) is 0 Å². The predicted octanol–water partition coefficient (Wildman–Crippen LogP) is 4.34. The van der Waals surface area contributed by atoms with Crippen molar-refractivity contribution >= 4 is 17.3 Å². The van der Waals surface area contributed by atoms with Crippen LogP contribution in [0.4, 0.5) is 5.69 Å². The number of anilines is 1. The molecule has 2 aromatic carbocycles. The maximum Gasteiger partial charge on any atom is 0.252 e. The Morgan fingerprint density at radius 1 is 1.10 bits per heavy atom. The summed E-state index contributed by atoms with van der Waals surface area (Å²) in [4.78, 5) is 17.6. The molecule has 1 fully saturated rings. The number of nitrogens with one attached hydrogen (secondary N) is 1. The molecule has 0 aliphatic carbocycles. The minimum Gasteiger partial charge on any atom is -0.493 e. The Balaban J connectivity index is 1.41. The van der Waals surface area contributed by atoms with Crippen LogP contribution in [-0.4, -0.2) is 41.9 Å². The first-order valence-corrected chi connectivity index (χ1v) is 11.4. The van der Waals surface area contributed by atoms with Gasteiger partial charge in [0, 0.05) is 61.2 Å². The lowest BCUT2D eigenvalue weighted by molar-refractivity contribution is -0.123. The summed E-state index contributed by atoms with van der Waals surface area (Å²) >= 11 is 0. The van der Waals surface area contributed by atoms with Gasteiger partial charge in [-0.05, 0) is 54.7 Å². The topological polar surface area (TPSA) is 44.8 Å². The lowest BCUT2D eigenvalue weighted by atomic mass is 9.88. The van der Waals surface area contributed by atoms with Crippen LogP contribution < -0.4 is 10.1 Å². The van der Waals surface area contributed by atoms with Gasteiger partial charge in [0.25, 0.3) is 5.91 Å². The number of carbonyl (C=O) groups is 1. The Hall–Kier alpha value is -3.21. The summed E-state index contributed by atoms with van der Waals surface area (Å²) in [5.74, 6) is 1.33. The van der Waals surface area contributed by atoms with Gasteiger partial charge in [0.2, 0.25) is 0 Å². The van der Waals surface area contributed by atoms with Crippen LogP contribution in [0.1, 0.15) is 41.9 Å². The number of rotatable bonds is 3. The molecule has 4 aliphatic rings. The quantitative estimate of drug-likeness (QED) is 0.761. The molecular weight excluding hydrogens is 386 g/mol. The van der Waals surface area contributed by atoms with Crippen molar-refractivity contribution in [3.63, 3.8) is 0 Å². The Morgan fingerprint density at radius 2 is 1.97 bits per heavy atom. The molecule has 1 saturated heterocycles. The Labute approximate surface area is 183 Å². The van der Waals surface area contributed by atoms with Crippen molar-refractivity contribution in [1.82, 2.24) is 9.80 Å². The summed E-state index contributed by atoms with van der Waals surface area (Å²) < 4.78 is 5.72. The van der Waals surface area contributed by atoms with Gasteiger partial charge in [-0.1, -0.05) is 18.2 Å². The van der Waals surface area contributed by atoms with Gasteiger partial charge in [-0.3, -0.25) is 4.79 Å². The molecule has 158 valence electrons. The van der Waals surface area contributed by atoms with Crippen LogP contribution in [0, 0.1) is 0 Å². The van der Waals surface area contributed by atoms with Gasteiger partial charge in [-0.2, -0.15) is 0 Å². The molecule has 4 heterocycles. The van der Waals surface area contributed by atoms with Gasteiger partial charge in [0.1, 0.15) is 5.75 Å². The highest BCUT2D eigenvalue weighted by Crippen LogP contribution is 2.47. The van der Waals surface area contributed by atoms with Crippen molar-refractivity contribution in [2.24, 2.45) is 0 Å². The molecule has 4 aliphatic heterocycles. The van der Waals surface area contributed by atoms with E-state index >= 15 is 0 Å². The monoisotopic (exact) mass is 413 g/mol. The number of amides is 1. The molecule has 5 heteroatoms. The minimum absolute atomic E-state index is 0.0577. The molecule has 0 bridgehead atoms. The highest BCUT2D eigenvalue weighted by atomic mass is 16.5. The number of hydrogen-bond donors (Lipinski definition) is 1. The number of benzene rings is 2. The zero-order valence-corrected chi connectivity index (χ0v) is 17.6. The van der Waals surface area contributed by atoms with E-state index in [1.54, 1.807) is 6.08 Å². The van der Waals surface area contributed by atoms with E-state index in [0.717, 1.165) is 67.5 Å². The molecule has 1 unspecified atom stereocenters. The molecule has 31 heavy (non-hydrogen) atoms. The second kappa shape index (κ2) is 7.49. The van der Waals surface area contributed by atoms with E-state index in [0.29, 0.717) is 5.92 Å². The number of para-hydroxylation sites is 1. The van der Waals surface area contributed by atoms with E-state index in [4.69, 9.17) is 4.74 Å². The van der Waals surface area contributed by atoms with Gasteiger partial charge >= 0.3 is 0 Å². The van der Waals surface area contributed by atoms with E-state index in [9.17, 15) is 4.79 Å². The average molecular weight is 414 g/mol. The third kappa shape index (κ3) is 3.19. The summed E-state index contributed by atoms with van der Waals surface area (Å²) in [6.45, 7) is 3.54. The Bertz CT molecular complexity index is 1100. The fourth-order valence-electron chi connectivity index (χ4n) is 5.36. The molecule has 0 saturated carbocycles. The first-order valence-electron chi connectivity index (χ1n) is 11.4. The molecule has 5 nitrogen and oxygen atoms in total. The van der Waals surface area contributed by atoms with Crippen LogP contribution in [0.2, 0.25) is 0 Å². The maximum absolute atomic E-state index is 13.4. The zero-order valence-electron chi connectivity index (χ0n) is 17.6. The first-order chi connectivity index (χ1) is 15.3. The summed E-state index contributed by atoms with van der Waals surface area (Å²) in [6.07, 6.45) is 8.00. The normalized spacial score (nSPS) is 21.7. The van der Waals surface area contributed by atoms with Gasteiger partial charge in [0.15, 0.2) is 0 Å². The molecule has 1 amide bonds. The maximum atomic E-state index is 13.4. The molecular formula is C26H27N3O2. The van der Waals surface area contributed by atoms with Crippen molar-refractivity contribution in [2.75, 3.05) is 31.6 Å². The van der Waals surface area contributed by atoms with E-state index in [-0.39, 0.29) is 5.91 Å². The molecule has 2 aromatic rings. The summed E-state index contributed by atoms with van der Waals surface area (Å²) in [7, 11) is 0. The van der Waals surface area contributed by atoms with E-state index in [1.165, 1.54) is 24.0 Å². The largest absolute Gasteiger partial charge is 0.493 e. The van der Waals surface area contributed by atoms with Crippen molar-refractivity contribution in [3.8, 4) is 5.75 Å². The number of hydrogen-bond acceptors (Lipinski definition) is 4. The van der Waals surface area contributed by atoms with E-state index in [2.05, 4.69) is 52.7 Å². The highest BCUT2D eigenvalue weighted by molar-refractivity contribution is 5.97. The lowest BCUT2D eigenvalue weighted by Crippen LogP contribution is -2.35. The van der Waals surface area contributed by atoms with E-state index < -0.39 is 0 Å². The number of carbonyl (C=O) groups excluding carboxylic acids is 1. The lowest BCUT2D eigenvalue weighted by Gasteiger charge is -2.34. The average Bonchev–Trinajstić information content (AvgIpc) is 3.55. The number of allylic oxidation sites excluding steroid dienone is 1. The van der Waals surface area contributed by atoms with Crippen molar-refractivity contribution in [1.29, 1.82) is 0 Å². The van der Waals surface area contributed by atoms with Crippen LogP contribution in [0.25, 0.3) is 5.70 Å². The van der Waals surface area contributed by atoms with Crippen molar-refractivity contribution in [3.05, 3.63) is 77.1 Å². The molecule has 1 N–H and O–H groups in total. The number of ether oxygens (including phenoxy) is 1. The Kier molecular flexibility index (Phi) is 4.48. The molecule has 6 rings (SSSR count). The Morgan fingerprint density at radius 3 is 2.87 bits per heavy atom. The van der Waals surface area contributed by atoms with Gasteiger partial charge in [-0.25, -0.2) is 0 Å². The van der Waals surface area contributed by atoms with Crippen LogP contribution in [-0.2, 0) is 11.2 Å². The number of nitrogens with zero attached hydrogens (tertiary/aromatic N) is 2. The van der Waals surface area contributed by atoms with E-state index in [1.807, 2.05) is 11.1 Å². The summed E-state index contributed by atoms with van der Waals surface area (Å²) in [5, 5.41) is 3.65. The van der Waals surface area contributed by atoms with Gasteiger partial charge in [-0.15, -0.1) is 0 Å². The van der Waals surface area contributed by atoms with Crippen LogP contribution in [0.15, 0.2) is 60.4 Å². The summed E-state index contributed by atoms with van der Waals surface area (Å²) in [6, 6.07) is 14.9. The molecule has 0 radical (unpaired) electrons. The fraction of sp³-hybridized carbons (Fsp3) is 0.346. The van der Waals surface area contributed by atoms with Gasteiger partial charge < -0.3 is 19.9 Å². The smallest absolute Gasteiger partial charge is 0.252 e. The minimum atomic E-state index is 0.0577. The SMILES string of the molecule is O=C(/C=C/N1CCCC1)N1CCC2C(=C1c1ccc3c(c1)CCO3)Nc1ccccc12. The zero-order chi connectivity index (χ0) is 20.8. The fourth-order valence-corrected chi connectivity index (χ4v) is 5.36. The van der Waals surface area contributed by atoms with Crippen molar-refractivity contribution < 1.29 is 9.53 Å². The molecule has 0 spiro atoms. The highest BCUT2D eigenvalue weighted by Gasteiger charge is 2.37. The predicted molar refractivity (Wildman–Crippen MR) is 122 cm³/mol. The summed E-state index contributed by atoms with van der Waals surface area (Å²) in [5.41, 5.74) is 6.97. The molecule has 0 aromatic heterocycles. The van der Waals surface area contributed by atoms with Crippen LogP contribution in [0.5, 0.6) is 5.75 Å². The van der Waals surface area contributed by atoms with Crippen LogP contribution >= 0.6 is 0 Å². The standard InChI is InChI=1S/C26H27N3O2/c30-24(10-14-28-12-3-4-13-28)29-15-9-21-20-5-1-2-6-22(20)27-25(21)26(29)19-7-8-23-18(17-19)11-16-31-23/h1-2,5-8,10,14,17,21,27H,3-4,9,11-13,15-16H2/b14-10+. The number of fused-ring (bicyclic) bond motifs is 4. The van der Waals surface area contributed by atoms with Crippen molar-refractivity contribution in [2.45, 2.75) is 31.6 Å². The number of likely N-dealkylation sites (tertiary alicyclic amines) is 1. The molecule has 1 atom stereocenters. The third-order valence-corrected chi connectivity index (χ3v) is 6.92. The first kappa shape index (κ1) is 18.6.